The molecule has 4 rings (SSSR count). The van der Waals surface area contributed by atoms with Crippen LogP contribution in [0.1, 0.15) is 94.7 Å². The molecule has 1 fully saturated rings. The van der Waals surface area contributed by atoms with Gasteiger partial charge in [-0.2, -0.15) is 0 Å². The van der Waals surface area contributed by atoms with Crippen LogP contribution in [0.15, 0.2) is 84.9 Å². The van der Waals surface area contributed by atoms with Crippen LogP contribution >= 0.6 is 0 Å². The highest BCUT2D eigenvalue weighted by Crippen LogP contribution is 2.23. The molecule has 0 unspecified atom stereocenters. The molecule has 0 bridgehead atoms. The average molecular weight is 1310 g/mol. The molecule has 516 valence electrons. The van der Waals surface area contributed by atoms with Crippen molar-refractivity contribution >= 4 is 71.0 Å². The Kier molecular flexibility index (Phi) is 33.8. The van der Waals surface area contributed by atoms with Crippen LogP contribution in [0.25, 0.3) is 0 Å². The number of ether oxygens (including phenoxy) is 2. The van der Waals surface area contributed by atoms with E-state index in [1.165, 1.54) is 29.0 Å². The number of carbonyl (C=O) groups is 10. The fraction of sp³-hybridized carbons (Fsp3) is 0.531. The van der Waals surface area contributed by atoms with Crippen LogP contribution in [0.4, 0.5) is 0 Å². The SMILES string of the molecule is COCCOCCCNCCC(=O)N[C@@H](Cc1ccc(O)cc1)C(=O)N[C@@H](Cc1ccccc1)C(=O)N[C@@H](CC(C)C)C(=O)N[C@@H](Cc1ccccc1)C(=O)N(C)[C@@H](CCCNC(=N)N)C(=O)N1CCC[C@H]1C(=O)N[C@@H](CCCNC(=N)N)C(=O)N[C@@H](CC(N)=O)C(N)=O. The third-order valence-corrected chi connectivity index (χ3v) is 15.4. The molecule has 0 spiro atoms. The monoisotopic (exact) mass is 1310 g/mol. The molecule has 8 atom stereocenters. The Labute approximate surface area is 548 Å². The van der Waals surface area contributed by atoms with Gasteiger partial charge >= 0.3 is 0 Å². The number of rotatable bonds is 43. The van der Waals surface area contributed by atoms with Gasteiger partial charge in [-0.25, -0.2) is 0 Å². The van der Waals surface area contributed by atoms with E-state index in [2.05, 4.69) is 47.9 Å². The number of phenols is 1. The van der Waals surface area contributed by atoms with E-state index in [9.17, 15) is 43.5 Å². The number of phenolic OH excluding ortho intramolecular Hbond substituents is 1. The van der Waals surface area contributed by atoms with E-state index in [-0.39, 0.29) is 107 Å². The van der Waals surface area contributed by atoms with Gasteiger partial charge < -0.3 is 95.2 Å². The van der Waals surface area contributed by atoms with E-state index in [4.69, 9.17) is 43.2 Å². The van der Waals surface area contributed by atoms with Crippen LogP contribution in [-0.4, -0.2) is 201 Å². The van der Waals surface area contributed by atoms with Crippen LogP contribution < -0.4 is 70.8 Å². The molecule has 30 nitrogen and oxygen atoms in total. The first-order valence-electron chi connectivity index (χ1n) is 31.6. The second kappa shape index (κ2) is 41.2. The van der Waals surface area contributed by atoms with Crippen molar-refractivity contribution in [2.24, 2.45) is 28.9 Å². The van der Waals surface area contributed by atoms with E-state index in [1.54, 1.807) is 79.9 Å². The molecule has 1 aliphatic heterocycles. The predicted octanol–water partition coefficient (Wildman–Crippen LogP) is -1.89. The Morgan fingerprint density at radius 1 is 0.606 bits per heavy atom. The number of primary amides is 2. The van der Waals surface area contributed by atoms with Gasteiger partial charge in [0.25, 0.3) is 0 Å². The number of benzene rings is 3. The van der Waals surface area contributed by atoms with Crippen LogP contribution in [-0.2, 0) is 76.7 Å². The Morgan fingerprint density at radius 3 is 1.69 bits per heavy atom. The van der Waals surface area contributed by atoms with Gasteiger partial charge in [-0.15, -0.1) is 0 Å². The Hall–Kier alpha value is -9.42. The standard InChI is InChI=1S/C64H97N17O13/c1-40(2)35-47(77-59(89)49(36-41-15-7-5-8-16-41)78-58(88)48(37-43-22-24-44(82)25-23-43)74-54(84)26-30-71-27-14-32-94-34-33-93-4)57(87)79-50(38-42-17-9-6-10-18-42)61(91)80(3)52(20-12-29-73-64(69)70)62(92)81-31-13-21-51(81)60(90)75-45(19-11-28-72-63(67)68)56(86)76-46(55(66)85)39-53(65)83/h5-10,15-18,22-25,40,45-52,71,82H,11-14,19-21,26-39H2,1-4H3,(H2,65,83)(H2,66,85)(H,74,84)(H,75,90)(H,76,86)(H,77,89)(H,78,88)(H,79,87)(H4,67,68,72)(H4,69,70,73)/t45-,46-,47-,48-,49-,50-,51-,52-/m0/s1. The smallest absolute Gasteiger partial charge is 0.246 e. The zero-order valence-corrected chi connectivity index (χ0v) is 54.2. The molecule has 20 N–H and O–H groups in total. The number of nitrogens with zero attached hydrogens (tertiary/aromatic N) is 2. The molecule has 0 radical (unpaired) electrons. The maximum atomic E-state index is 15.3. The first kappa shape index (κ1) is 77.0. The molecule has 1 heterocycles. The normalized spacial score (nSPS) is 14.9. The summed E-state index contributed by atoms with van der Waals surface area (Å²) >= 11 is 0. The fourth-order valence-electron chi connectivity index (χ4n) is 10.5. The average Bonchev–Trinajstić information content (AvgIpc) is 1.54. The molecule has 1 saturated heterocycles. The highest BCUT2D eigenvalue weighted by Gasteiger charge is 2.42. The summed E-state index contributed by atoms with van der Waals surface area (Å²) in [6, 6.07) is 13.2. The van der Waals surface area contributed by atoms with Crippen molar-refractivity contribution in [3.05, 3.63) is 102 Å². The summed E-state index contributed by atoms with van der Waals surface area (Å²) in [7, 11) is 2.97. The molecule has 10 amide bonds. The van der Waals surface area contributed by atoms with Gasteiger partial charge in [-0.1, -0.05) is 86.6 Å². The number of hydrogen-bond donors (Lipinski definition) is 16. The lowest BCUT2D eigenvalue weighted by molar-refractivity contribution is -0.149. The second-order valence-corrected chi connectivity index (χ2v) is 23.5. The summed E-state index contributed by atoms with van der Waals surface area (Å²) < 4.78 is 10.5. The fourth-order valence-corrected chi connectivity index (χ4v) is 10.5. The number of carbonyl (C=O) groups excluding carboxylic acids is 10. The van der Waals surface area contributed by atoms with Crippen molar-refractivity contribution in [3.63, 3.8) is 0 Å². The Morgan fingerprint density at radius 2 is 1.13 bits per heavy atom. The number of amides is 10. The second-order valence-electron chi connectivity index (χ2n) is 23.5. The highest BCUT2D eigenvalue weighted by atomic mass is 16.5. The van der Waals surface area contributed by atoms with E-state index in [0.29, 0.717) is 62.4 Å². The summed E-state index contributed by atoms with van der Waals surface area (Å²) in [4.78, 5) is 143. The van der Waals surface area contributed by atoms with Gasteiger partial charge in [0.1, 0.15) is 54.1 Å². The Bertz CT molecular complexity index is 2960. The summed E-state index contributed by atoms with van der Waals surface area (Å²) in [5.74, 6) is -8.62. The van der Waals surface area contributed by atoms with Crippen molar-refractivity contribution in [1.29, 1.82) is 10.8 Å². The van der Waals surface area contributed by atoms with Gasteiger partial charge in [-0.3, -0.25) is 58.8 Å². The number of guanidine groups is 2. The summed E-state index contributed by atoms with van der Waals surface area (Å²) in [6.45, 7) is 6.24. The number of nitrogens with one attached hydrogen (secondary N) is 11. The number of hydrogen-bond acceptors (Lipinski definition) is 16. The minimum atomic E-state index is -1.51. The van der Waals surface area contributed by atoms with Gasteiger partial charge in [0.05, 0.1) is 19.6 Å². The molecule has 94 heavy (non-hydrogen) atoms. The molecular formula is C64H97N17O13. The molecule has 0 saturated carbocycles. The van der Waals surface area contributed by atoms with E-state index in [0.717, 1.165) is 0 Å². The highest BCUT2D eigenvalue weighted by molar-refractivity contribution is 5.99. The van der Waals surface area contributed by atoms with Gasteiger partial charge in [0, 0.05) is 72.6 Å². The first-order valence-corrected chi connectivity index (χ1v) is 31.6. The molecule has 0 aliphatic carbocycles. The molecule has 1 aliphatic rings. The molecule has 30 heteroatoms. The van der Waals surface area contributed by atoms with Crippen molar-refractivity contribution < 1.29 is 62.5 Å². The molecule has 0 aromatic heterocycles. The van der Waals surface area contributed by atoms with Crippen LogP contribution in [0.2, 0.25) is 0 Å². The predicted molar refractivity (Wildman–Crippen MR) is 351 cm³/mol. The van der Waals surface area contributed by atoms with Crippen molar-refractivity contribution in [3.8, 4) is 5.75 Å². The number of likely N-dealkylation sites (tertiary alicyclic amines) is 1. The number of nitrogens with two attached hydrogens (primary N) is 4. The van der Waals surface area contributed by atoms with Crippen molar-refractivity contribution in [1.82, 2.24) is 57.7 Å². The molecule has 3 aromatic carbocycles. The van der Waals surface area contributed by atoms with E-state index in [1.807, 2.05) is 13.8 Å². The van der Waals surface area contributed by atoms with E-state index < -0.39 is 114 Å². The van der Waals surface area contributed by atoms with Gasteiger partial charge in [0.15, 0.2) is 11.9 Å². The third kappa shape index (κ3) is 28.2. The number of aromatic hydroxyl groups is 1. The van der Waals surface area contributed by atoms with Crippen molar-refractivity contribution in [2.75, 3.05) is 66.7 Å². The maximum Gasteiger partial charge on any atom is 0.246 e. The van der Waals surface area contributed by atoms with Crippen molar-refractivity contribution in [2.45, 2.75) is 146 Å². The zero-order chi connectivity index (χ0) is 69.1. The summed E-state index contributed by atoms with van der Waals surface area (Å²) in [6.07, 6.45) is 0.680. The van der Waals surface area contributed by atoms with Crippen LogP contribution in [0, 0.1) is 16.7 Å². The number of likely N-dealkylation sites (N-methyl/N-ethyl adjacent to an activating group) is 1. The number of methoxy groups -OCH3 is 1. The van der Waals surface area contributed by atoms with Gasteiger partial charge in [0.2, 0.25) is 59.1 Å². The lowest BCUT2D eigenvalue weighted by Gasteiger charge is -2.35. The lowest BCUT2D eigenvalue weighted by atomic mass is 9.98. The topological polar surface area (TPSA) is 476 Å². The third-order valence-electron chi connectivity index (χ3n) is 15.4. The van der Waals surface area contributed by atoms with Crippen LogP contribution in [0.5, 0.6) is 5.75 Å². The zero-order valence-electron chi connectivity index (χ0n) is 54.2. The van der Waals surface area contributed by atoms with E-state index >= 15 is 9.59 Å². The molecular weight excluding hydrogens is 1210 g/mol. The minimum absolute atomic E-state index is 0.00788. The Balaban J connectivity index is 1.65. The molecule has 3 aromatic rings. The first-order chi connectivity index (χ1) is 44.9. The summed E-state index contributed by atoms with van der Waals surface area (Å²) in [5, 5.41) is 50.2. The lowest BCUT2D eigenvalue weighted by Crippen LogP contribution is -2.61. The maximum absolute atomic E-state index is 15.3. The van der Waals surface area contributed by atoms with Crippen LogP contribution in [0.3, 0.4) is 0 Å². The van der Waals surface area contributed by atoms with Gasteiger partial charge in [-0.05, 0) is 92.7 Å². The quantitative estimate of drug-likeness (QED) is 0.0167. The summed E-state index contributed by atoms with van der Waals surface area (Å²) in [5.41, 5.74) is 23.7. The largest absolute Gasteiger partial charge is 0.508 e. The minimum Gasteiger partial charge on any atom is -0.508 e.